The third-order valence-corrected chi connectivity index (χ3v) is 3.05. The molecule has 0 radical (unpaired) electrons. The molecule has 1 heterocycles. The molecule has 2 heteroatoms. The lowest BCUT2D eigenvalue weighted by Crippen LogP contribution is -2.09. The monoisotopic (exact) mass is 238 g/mol. The van der Waals surface area contributed by atoms with Crippen molar-refractivity contribution in [1.82, 2.24) is 0 Å². The first-order valence-corrected chi connectivity index (χ1v) is 5.95. The molecule has 1 aliphatic heterocycles. The number of hydrogen-bond donors (Lipinski definition) is 0. The summed E-state index contributed by atoms with van der Waals surface area (Å²) in [4.78, 5) is 0. The van der Waals surface area contributed by atoms with Crippen molar-refractivity contribution in [1.29, 1.82) is 0 Å². The van der Waals surface area contributed by atoms with E-state index in [-0.39, 0.29) is 6.10 Å². The minimum Gasteiger partial charge on any atom is -0.493 e. The highest BCUT2D eigenvalue weighted by Gasteiger charge is 2.19. The lowest BCUT2D eigenvalue weighted by atomic mass is 10.0. The number of fused-ring (bicyclic) bond motifs is 1. The van der Waals surface area contributed by atoms with Crippen LogP contribution in [0.25, 0.3) is 6.08 Å². The van der Waals surface area contributed by atoms with Crippen molar-refractivity contribution in [3.63, 3.8) is 0 Å². The second-order valence-electron chi connectivity index (χ2n) is 4.19. The minimum absolute atomic E-state index is 0.0463. The van der Waals surface area contributed by atoms with Crippen LogP contribution in [-0.2, 0) is 0 Å². The molecule has 0 saturated carbocycles. The van der Waals surface area contributed by atoms with E-state index < -0.39 is 0 Å². The molecule has 0 fully saturated rings. The molecule has 0 bridgehead atoms. The highest BCUT2D eigenvalue weighted by molar-refractivity contribution is 5.65. The molecule has 1 aliphatic rings. The topological polar surface area (TPSA) is 18.5 Å². The number of hydrogen-bond acceptors (Lipinski definition) is 2. The van der Waals surface area contributed by atoms with Crippen LogP contribution in [0.1, 0.15) is 17.2 Å². The second kappa shape index (κ2) is 4.57. The molecule has 2 nitrogen and oxygen atoms in total. The summed E-state index contributed by atoms with van der Waals surface area (Å²) in [5.41, 5.74) is 2.20. The Kier molecular flexibility index (Phi) is 2.77. The fourth-order valence-corrected chi connectivity index (χ4v) is 2.13. The summed E-state index contributed by atoms with van der Waals surface area (Å²) in [5, 5.41) is 0. The van der Waals surface area contributed by atoms with Gasteiger partial charge in [-0.1, -0.05) is 48.5 Å². The number of methoxy groups -OCH3 is 1. The zero-order chi connectivity index (χ0) is 12.4. The number of benzene rings is 2. The van der Waals surface area contributed by atoms with Gasteiger partial charge in [-0.2, -0.15) is 0 Å². The molecule has 3 rings (SSSR count). The van der Waals surface area contributed by atoms with Gasteiger partial charge in [0.1, 0.15) is 6.10 Å². The molecule has 0 unspecified atom stereocenters. The molecule has 18 heavy (non-hydrogen) atoms. The predicted molar refractivity (Wildman–Crippen MR) is 71.8 cm³/mol. The number of rotatable bonds is 2. The lowest BCUT2D eigenvalue weighted by Gasteiger charge is -2.23. The Morgan fingerprint density at radius 2 is 1.83 bits per heavy atom. The summed E-state index contributed by atoms with van der Waals surface area (Å²) in [6, 6.07) is 16.1. The van der Waals surface area contributed by atoms with Gasteiger partial charge < -0.3 is 9.47 Å². The van der Waals surface area contributed by atoms with Crippen molar-refractivity contribution in [2.75, 3.05) is 7.11 Å². The van der Waals surface area contributed by atoms with E-state index in [1.54, 1.807) is 7.11 Å². The quantitative estimate of drug-likeness (QED) is 0.791. The van der Waals surface area contributed by atoms with Gasteiger partial charge in [0, 0.05) is 5.56 Å². The number of para-hydroxylation sites is 1. The maximum absolute atomic E-state index is 6.03. The van der Waals surface area contributed by atoms with Crippen LogP contribution in [0.5, 0.6) is 11.5 Å². The van der Waals surface area contributed by atoms with Gasteiger partial charge in [-0.3, -0.25) is 0 Å². The van der Waals surface area contributed by atoms with Gasteiger partial charge in [0.05, 0.1) is 7.11 Å². The van der Waals surface area contributed by atoms with Crippen molar-refractivity contribution < 1.29 is 9.47 Å². The Labute approximate surface area is 106 Å². The smallest absolute Gasteiger partial charge is 0.169 e. The Hall–Kier alpha value is -2.22. The van der Waals surface area contributed by atoms with Crippen LogP contribution < -0.4 is 9.47 Å². The van der Waals surface area contributed by atoms with Crippen molar-refractivity contribution in [3.8, 4) is 11.5 Å². The van der Waals surface area contributed by atoms with E-state index in [0.717, 1.165) is 22.6 Å². The molecule has 1 atom stereocenters. The van der Waals surface area contributed by atoms with Crippen LogP contribution in [0.15, 0.2) is 54.6 Å². The molecule has 2 aromatic rings. The number of ether oxygens (including phenoxy) is 2. The Morgan fingerprint density at radius 1 is 1.00 bits per heavy atom. The van der Waals surface area contributed by atoms with E-state index in [9.17, 15) is 0 Å². The SMILES string of the molecule is COc1cccc2c1O[C@@H](c1ccccc1)C=C2. The fourth-order valence-electron chi connectivity index (χ4n) is 2.13. The van der Waals surface area contributed by atoms with Gasteiger partial charge in [0.15, 0.2) is 11.5 Å². The molecular weight excluding hydrogens is 224 g/mol. The van der Waals surface area contributed by atoms with E-state index in [0.29, 0.717) is 0 Å². The zero-order valence-electron chi connectivity index (χ0n) is 10.2. The van der Waals surface area contributed by atoms with Crippen LogP contribution in [0, 0.1) is 0 Å². The Morgan fingerprint density at radius 3 is 2.61 bits per heavy atom. The summed E-state index contributed by atoms with van der Waals surface area (Å²) >= 11 is 0. The first-order chi connectivity index (χ1) is 8.88. The Bertz CT molecular complexity index is 573. The summed E-state index contributed by atoms with van der Waals surface area (Å²) in [6.07, 6.45) is 4.10. The molecule has 0 amide bonds. The third-order valence-electron chi connectivity index (χ3n) is 3.05. The van der Waals surface area contributed by atoms with Crippen LogP contribution in [-0.4, -0.2) is 7.11 Å². The average Bonchev–Trinajstić information content (AvgIpc) is 2.47. The summed E-state index contributed by atoms with van der Waals surface area (Å²) < 4.78 is 11.4. The molecule has 2 aromatic carbocycles. The highest BCUT2D eigenvalue weighted by atomic mass is 16.5. The summed E-state index contributed by atoms with van der Waals surface area (Å²) in [5.74, 6) is 1.59. The first kappa shape index (κ1) is 10.9. The lowest BCUT2D eigenvalue weighted by molar-refractivity contribution is 0.238. The van der Waals surface area contributed by atoms with E-state index in [4.69, 9.17) is 9.47 Å². The van der Waals surface area contributed by atoms with Gasteiger partial charge in [0.2, 0.25) is 0 Å². The van der Waals surface area contributed by atoms with Gasteiger partial charge in [-0.25, -0.2) is 0 Å². The third kappa shape index (κ3) is 1.86. The largest absolute Gasteiger partial charge is 0.493 e. The molecule has 90 valence electrons. The van der Waals surface area contributed by atoms with E-state index in [1.807, 2.05) is 36.4 Å². The minimum atomic E-state index is -0.0463. The van der Waals surface area contributed by atoms with Crippen molar-refractivity contribution >= 4 is 6.08 Å². The van der Waals surface area contributed by atoms with Crippen LogP contribution in [0.3, 0.4) is 0 Å². The van der Waals surface area contributed by atoms with Crippen LogP contribution in [0.2, 0.25) is 0 Å². The van der Waals surface area contributed by atoms with Gasteiger partial charge in [0.25, 0.3) is 0 Å². The molecule has 0 N–H and O–H groups in total. The molecule has 0 spiro atoms. The van der Waals surface area contributed by atoms with Gasteiger partial charge in [-0.15, -0.1) is 0 Å². The van der Waals surface area contributed by atoms with E-state index in [2.05, 4.69) is 24.3 Å². The zero-order valence-corrected chi connectivity index (χ0v) is 10.2. The summed E-state index contributed by atoms with van der Waals surface area (Å²) in [7, 11) is 1.66. The Balaban J connectivity index is 1.98. The van der Waals surface area contributed by atoms with Crippen LogP contribution in [0.4, 0.5) is 0 Å². The molecule has 0 aromatic heterocycles. The maximum atomic E-state index is 6.03. The van der Waals surface area contributed by atoms with Crippen molar-refractivity contribution in [2.24, 2.45) is 0 Å². The average molecular weight is 238 g/mol. The molecule has 0 saturated heterocycles. The van der Waals surface area contributed by atoms with Crippen molar-refractivity contribution in [3.05, 3.63) is 65.7 Å². The summed E-state index contributed by atoms with van der Waals surface area (Å²) in [6.45, 7) is 0. The van der Waals surface area contributed by atoms with Crippen molar-refractivity contribution in [2.45, 2.75) is 6.10 Å². The van der Waals surface area contributed by atoms with E-state index in [1.165, 1.54) is 0 Å². The van der Waals surface area contributed by atoms with Gasteiger partial charge in [-0.05, 0) is 17.7 Å². The fraction of sp³-hybridized carbons (Fsp3) is 0.125. The predicted octanol–water partition coefficient (Wildman–Crippen LogP) is 3.84. The maximum Gasteiger partial charge on any atom is 0.169 e. The highest BCUT2D eigenvalue weighted by Crippen LogP contribution is 2.39. The molecular formula is C16H14O2. The molecule has 0 aliphatic carbocycles. The first-order valence-electron chi connectivity index (χ1n) is 5.95. The normalized spacial score (nSPS) is 16.8. The van der Waals surface area contributed by atoms with E-state index >= 15 is 0 Å². The second-order valence-corrected chi connectivity index (χ2v) is 4.19. The standard InChI is InChI=1S/C16H14O2/c1-17-15-9-5-8-13-10-11-14(18-16(13)15)12-6-3-2-4-7-12/h2-11,14H,1H3/t14-/m1/s1. The van der Waals surface area contributed by atoms with Gasteiger partial charge >= 0.3 is 0 Å². The van der Waals surface area contributed by atoms with Crippen LogP contribution >= 0.6 is 0 Å².